The van der Waals surface area contributed by atoms with Gasteiger partial charge in [0.25, 0.3) is 0 Å². The van der Waals surface area contributed by atoms with E-state index < -0.39 is 0 Å². The number of nitrogens with two attached hydrogens (primary N) is 1. The van der Waals surface area contributed by atoms with E-state index in [9.17, 15) is 0 Å². The van der Waals surface area contributed by atoms with Crippen molar-refractivity contribution in [2.24, 2.45) is 40.4 Å². The first kappa shape index (κ1) is 11.4. The Kier molecular flexibility index (Phi) is 2.42. The van der Waals surface area contributed by atoms with Gasteiger partial charge in [0.15, 0.2) is 5.11 Å². The average Bonchev–Trinajstić information content (AvgIpc) is 2.80. The first-order chi connectivity index (χ1) is 9.25. The zero-order chi connectivity index (χ0) is 13.0. The van der Waals surface area contributed by atoms with E-state index in [0.29, 0.717) is 5.92 Å². The third-order valence-corrected chi connectivity index (χ3v) is 5.23. The van der Waals surface area contributed by atoms with E-state index in [-0.39, 0.29) is 5.11 Å². The van der Waals surface area contributed by atoms with Crippen LogP contribution in [0.5, 0.6) is 0 Å². The minimum Gasteiger partial charge on any atom is -0.375 e. The summed E-state index contributed by atoms with van der Waals surface area (Å²) in [5, 5.41) is 4.77. The van der Waals surface area contributed by atoms with Gasteiger partial charge in [-0.25, -0.2) is 0 Å². The molecule has 4 heteroatoms. The van der Waals surface area contributed by atoms with E-state index in [1.807, 2.05) is 6.07 Å². The molecule has 19 heavy (non-hydrogen) atoms. The molecule has 3 N–H and O–H groups in total. The SMILES string of the molecule is NC(=S)N/N=C(\c1ccccc1)[C@H]1C2C[C@@H]3C1[C@@H]3C2. The minimum atomic E-state index is 0.242. The highest BCUT2D eigenvalue weighted by Gasteiger charge is 2.69. The van der Waals surface area contributed by atoms with Crippen LogP contribution in [0, 0.1) is 29.6 Å². The van der Waals surface area contributed by atoms with Crippen molar-refractivity contribution < 1.29 is 0 Å². The van der Waals surface area contributed by atoms with Gasteiger partial charge in [-0.2, -0.15) is 5.10 Å². The van der Waals surface area contributed by atoms with Crippen molar-refractivity contribution in [2.45, 2.75) is 12.8 Å². The second-order valence-corrected chi connectivity index (χ2v) is 6.44. The van der Waals surface area contributed by atoms with Crippen LogP contribution in [0.3, 0.4) is 0 Å². The Hall–Kier alpha value is -1.42. The van der Waals surface area contributed by atoms with Crippen molar-refractivity contribution in [2.75, 3.05) is 0 Å². The summed E-state index contributed by atoms with van der Waals surface area (Å²) in [6, 6.07) is 10.4. The van der Waals surface area contributed by atoms with Crippen LogP contribution < -0.4 is 11.2 Å². The number of thiocarbonyl (C=S) groups is 1. The van der Waals surface area contributed by atoms with Crippen molar-refractivity contribution in [3.63, 3.8) is 0 Å². The molecule has 4 bridgehead atoms. The summed E-state index contributed by atoms with van der Waals surface area (Å²) in [5.41, 5.74) is 10.7. The Bertz CT molecular complexity index is 540. The predicted molar refractivity (Wildman–Crippen MR) is 79.6 cm³/mol. The zero-order valence-electron chi connectivity index (χ0n) is 10.6. The molecule has 1 aromatic rings. The minimum absolute atomic E-state index is 0.242. The number of hydrogen-bond donors (Lipinski definition) is 2. The fraction of sp³-hybridized carbons (Fsp3) is 0.467. The molecule has 4 fully saturated rings. The van der Waals surface area contributed by atoms with Crippen LogP contribution in [0.1, 0.15) is 18.4 Å². The van der Waals surface area contributed by atoms with Gasteiger partial charge in [-0.3, -0.25) is 5.43 Å². The molecule has 0 aliphatic heterocycles. The van der Waals surface area contributed by atoms with Crippen LogP contribution in [-0.2, 0) is 0 Å². The highest BCUT2D eigenvalue weighted by molar-refractivity contribution is 7.80. The van der Waals surface area contributed by atoms with Gasteiger partial charge in [0.05, 0.1) is 5.71 Å². The van der Waals surface area contributed by atoms with Crippen molar-refractivity contribution in [3.8, 4) is 0 Å². The molecule has 5 atom stereocenters. The third kappa shape index (κ3) is 1.70. The molecule has 0 heterocycles. The first-order valence-corrected chi connectivity index (χ1v) is 7.35. The summed E-state index contributed by atoms with van der Waals surface area (Å²) in [7, 11) is 0. The van der Waals surface area contributed by atoms with E-state index in [1.54, 1.807) is 0 Å². The van der Waals surface area contributed by atoms with Crippen LogP contribution >= 0.6 is 12.2 Å². The molecule has 0 saturated heterocycles. The number of nitrogens with zero attached hydrogens (tertiary/aromatic N) is 1. The lowest BCUT2D eigenvalue weighted by Crippen LogP contribution is -2.29. The van der Waals surface area contributed by atoms with Gasteiger partial charge in [-0.05, 0) is 54.3 Å². The fourth-order valence-corrected chi connectivity index (χ4v) is 4.58. The zero-order valence-corrected chi connectivity index (χ0v) is 11.4. The molecule has 98 valence electrons. The summed E-state index contributed by atoms with van der Waals surface area (Å²) in [5.74, 6) is 4.27. The highest BCUT2D eigenvalue weighted by Crippen LogP contribution is 2.73. The summed E-state index contributed by atoms with van der Waals surface area (Å²) in [6.45, 7) is 0. The van der Waals surface area contributed by atoms with Crippen LogP contribution in [0.25, 0.3) is 0 Å². The quantitative estimate of drug-likeness (QED) is 0.503. The molecule has 4 aliphatic carbocycles. The molecule has 0 spiro atoms. The lowest BCUT2D eigenvalue weighted by Gasteiger charge is -2.18. The summed E-state index contributed by atoms with van der Waals surface area (Å²) < 4.78 is 0. The lowest BCUT2D eigenvalue weighted by molar-refractivity contribution is 0.523. The first-order valence-electron chi connectivity index (χ1n) is 6.94. The molecule has 4 saturated carbocycles. The van der Waals surface area contributed by atoms with Gasteiger partial charge in [-0.1, -0.05) is 30.3 Å². The van der Waals surface area contributed by atoms with E-state index >= 15 is 0 Å². The van der Waals surface area contributed by atoms with Crippen molar-refractivity contribution >= 4 is 23.0 Å². The lowest BCUT2D eigenvalue weighted by atomic mass is 9.89. The maximum Gasteiger partial charge on any atom is 0.184 e. The Morgan fingerprint density at radius 3 is 2.42 bits per heavy atom. The molecule has 5 rings (SSSR count). The number of hydrazone groups is 1. The van der Waals surface area contributed by atoms with E-state index in [2.05, 4.69) is 34.8 Å². The van der Waals surface area contributed by atoms with E-state index in [1.165, 1.54) is 18.4 Å². The molecular formula is C15H17N3S. The summed E-state index contributed by atoms with van der Waals surface area (Å²) in [4.78, 5) is 0. The Labute approximate surface area is 118 Å². The Morgan fingerprint density at radius 1 is 1.21 bits per heavy atom. The van der Waals surface area contributed by atoms with Gasteiger partial charge in [0.2, 0.25) is 0 Å². The molecule has 3 nitrogen and oxygen atoms in total. The second kappa shape index (κ2) is 4.04. The number of benzene rings is 1. The number of nitrogens with one attached hydrogen (secondary N) is 1. The van der Waals surface area contributed by atoms with E-state index in [4.69, 9.17) is 18.0 Å². The van der Waals surface area contributed by atoms with Crippen LogP contribution in [0.4, 0.5) is 0 Å². The van der Waals surface area contributed by atoms with E-state index in [0.717, 1.165) is 29.4 Å². The fourth-order valence-electron chi connectivity index (χ4n) is 4.54. The predicted octanol–water partition coefficient (Wildman–Crippen LogP) is 2.13. The Morgan fingerprint density at radius 2 is 1.89 bits per heavy atom. The van der Waals surface area contributed by atoms with Gasteiger partial charge < -0.3 is 5.73 Å². The molecule has 1 aromatic carbocycles. The van der Waals surface area contributed by atoms with Crippen molar-refractivity contribution in [1.29, 1.82) is 0 Å². The van der Waals surface area contributed by atoms with Crippen LogP contribution in [0.2, 0.25) is 0 Å². The molecule has 0 radical (unpaired) electrons. The standard InChI is InChI=1S/C15H17N3S/c16-15(19)18-17-14(8-4-2-1-3-5-8)12-9-6-10-11(7-9)13(10)12/h1-5,9-13H,6-7H2,(H3,16,18,19)/b17-14+/t9?,10-,11+,12-,13?/m0/s1. The molecular weight excluding hydrogens is 254 g/mol. The van der Waals surface area contributed by atoms with Gasteiger partial charge in [0, 0.05) is 5.92 Å². The normalized spacial score (nSPS) is 38.3. The molecule has 0 aromatic heterocycles. The van der Waals surface area contributed by atoms with Crippen molar-refractivity contribution in [3.05, 3.63) is 35.9 Å². The maximum absolute atomic E-state index is 5.52. The topological polar surface area (TPSA) is 50.4 Å². The highest BCUT2D eigenvalue weighted by atomic mass is 32.1. The maximum atomic E-state index is 5.52. The van der Waals surface area contributed by atoms with Gasteiger partial charge in [0.1, 0.15) is 0 Å². The second-order valence-electron chi connectivity index (χ2n) is 6.00. The third-order valence-electron chi connectivity index (χ3n) is 5.14. The average molecular weight is 271 g/mol. The largest absolute Gasteiger partial charge is 0.375 e. The Balaban J connectivity index is 1.69. The monoisotopic (exact) mass is 271 g/mol. The van der Waals surface area contributed by atoms with Crippen molar-refractivity contribution in [1.82, 2.24) is 5.43 Å². The summed E-state index contributed by atoms with van der Waals surface area (Å²) in [6.07, 6.45) is 2.80. The molecule has 0 amide bonds. The molecule has 2 unspecified atom stereocenters. The van der Waals surface area contributed by atoms with Crippen LogP contribution in [-0.4, -0.2) is 10.8 Å². The van der Waals surface area contributed by atoms with Gasteiger partial charge >= 0.3 is 0 Å². The van der Waals surface area contributed by atoms with Gasteiger partial charge in [-0.15, -0.1) is 0 Å². The summed E-state index contributed by atoms with van der Waals surface area (Å²) >= 11 is 4.88. The smallest absolute Gasteiger partial charge is 0.184 e. The van der Waals surface area contributed by atoms with Crippen LogP contribution in [0.15, 0.2) is 35.4 Å². The number of rotatable bonds is 3. The number of hydrogen-bond acceptors (Lipinski definition) is 2. The molecule has 4 aliphatic rings.